The number of nitriles is 1. The Hall–Kier alpha value is -0.640. The first kappa shape index (κ1) is 16.4. The van der Waals surface area contributed by atoms with E-state index in [4.69, 9.17) is 11.0 Å². The maximum Gasteiger partial charge on any atom is 0.230 e. The lowest BCUT2D eigenvalue weighted by Gasteiger charge is -2.39. The molecule has 0 aliphatic heterocycles. The van der Waals surface area contributed by atoms with Crippen LogP contribution >= 0.6 is 0 Å². The molecule has 1 saturated carbocycles. The van der Waals surface area contributed by atoms with Gasteiger partial charge in [0.15, 0.2) is 5.25 Å². The van der Waals surface area contributed by atoms with Crippen LogP contribution in [0, 0.1) is 17.2 Å². The number of hydrogen-bond donors (Lipinski definition) is 1. The summed E-state index contributed by atoms with van der Waals surface area (Å²) in [4.78, 5) is 0. The Balaban J connectivity index is 3.02. The fourth-order valence-electron chi connectivity index (χ4n) is 2.98. The van der Waals surface area contributed by atoms with Crippen molar-refractivity contribution in [3.8, 4) is 6.07 Å². The van der Waals surface area contributed by atoms with Crippen LogP contribution in [0.25, 0.3) is 0 Å². The molecule has 0 heterocycles. The topological polar surface area (TPSA) is 87.2 Å². The minimum atomic E-state index is -3.54. The molecule has 0 aromatic rings. The van der Waals surface area contributed by atoms with E-state index >= 15 is 0 Å². The SMILES string of the molecule is CCC(C#N)S(=O)(=O)N(CC)C1CCCCC1CN. The summed E-state index contributed by atoms with van der Waals surface area (Å²) in [6.07, 6.45) is 4.32. The largest absolute Gasteiger partial charge is 0.330 e. The monoisotopic (exact) mass is 287 g/mol. The molecular weight excluding hydrogens is 262 g/mol. The van der Waals surface area contributed by atoms with Crippen molar-refractivity contribution in [1.82, 2.24) is 4.31 Å². The molecule has 0 radical (unpaired) electrons. The van der Waals surface area contributed by atoms with Gasteiger partial charge >= 0.3 is 0 Å². The van der Waals surface area contributed by atoms with Crippen molar-refractivity contribution < 1.29 is 8.42 Å². The summed E-state index contributed by atoms with van der Waals surface area (Å²) < 4.78 is 26.6. The Bertz CT molecular complexity index is 416. The van der Waals surface area contributed by atoms with Crippen LogP contribution in [0.1, 0.15) is 46.0 Å². The third-order valence-corrected chi connectivity index (χ3v) is 6.40. The summed E-state index contributed by atoms with van der Waals surface area (Å²) in [6, 6.07) is 1.89. The third-order valence-electron chi connectivity index (χ3n) is 4.05. The molecule has 0 amide bonds. The van der Waals surface area contributed by atoms with Crippen molar-refractivity contribution in [1.29, 1.82) is 5.26 Å². The molecule has 0 aromatic heterocycles. The van der Waals surface area contributed by atoms with Crippen LogP contribution in [0.15, 0.2) is 0 Å². The summed E-state index contributed by atoms with van der Waals surface area (Å²) in [5, 5.41) is 8.11. The Labute approximate surface area is 116 Å². The number of nitrogens with two attached hydrogens (primary N) is 1. The molecule has 110 valence electrons. The second-order valence-electron chi connectivity index (χ2n) is 5.12. The van der Waals surface area contributed by atoms with E-state index in [1.165, 1.54) is 4.31 Å². The Morgan fingerprint density at radius 1 is 1.37 bits per heavy atom. The van der Waals surface area contributed by atoms with Crippen molar-refractivity contribution >= 4 is 10.0 Å². The molecule has 2 N–H and O–H groups in total. The molecule has 1 aliphatic rings. The standard InChI is InChI=1S/C13H25N3O2S/c1-3-12(10-15)19(17,18)16(4-2)13-8-6-5-7-11(13)9-14/h11-13H,3-9,14H2,1-2H3. The van der Waals surface area contributed by atoms with E-state index in [9.17, 15) is 8.42 Å². The van der Waals surface area contributed by atoms with Gasteiger partial charge in [0.1, 0.15) is 0 Å². The predicted octanol–water partition coefficient (Wildman–Crippen LogP) is 1.46. The third kappa shape index (κ3) is 3.47. The van der Waals surface area contributed by atoms with Crippen LogP contribution in [0.3, 0.4) is 0 Å². The van der Waals surface area contributed by atoms with Crippen molar-refractivity contribution in [2.75, 3.05) is 13.1 Å². The molecular formula is C13H25N3O2S. The number of hydrogen-bond acceptors (Lipinski definition) is 4. The molecule has 0 saturated heterocycles. The fraction of sp³-hybridized carbons (Fsp3) is 0.923. The molecule has 0 aromatic carbocycles. The van der Waals surface area contributed by atoms with Crippen molar-refractivity contribution in [3.63, 3.8) is 0 Å². The first-order chi connectivity index (χ1) is 9.02. The zero-order valence-electron chi connectivity index (χ0n) is 11.9. The van der Waals surface area contributed by atoms with Gasteiger partial charge in [0.25, 0.3) is 0 Å². The average molecular weight is 287 g/mol. The van der Waals surface area contributed by atoms with Crippen molar-refractivity contribution in [3.05, 3.63) is 0 Å². The summed E-state index contributed by atoms with van der Waals surface area (Å²) in [7, 11) is -3.54. The molecule has 1 rings (SSSR count). The van der Waals surface area contributed by atoms with Crippen LogP contribution < -0.4 is 5.73 Å². The fourth-order valence-corrected chi connectivity index (χ4v) is 4.87. The van der Waals surface area contributed by atoms with Gasteiger partial charge in [-0.05, 0) is 31.7 Å². The summed E-state index contributed by atoms with van der Waals surface area (Å²) >= 11 is 0. The average Bonchev–Trinajstić information content (AvgIpc) is 2.40. The van der Waals surface area contributed by atoms with Gasteiger partial charge in [-0.1, -0.05) is 26.7 Å². The van der Waals surface area contributed by atoms with E-state index in [1.807, 2.05) is 13.0 Å². The Morgan fingerprint density at radius 2 is 2.00 bits per heavy atom. The van der Waals surface area contributed by atoms with Crippen LogP contribution in [0.5, 0.6) is 0 Å². The Morgan fingerprint density at radius 3 is 2.47 bits per heavy atom. The highest BCUT2D eigenvalue weighted by Gasteiger charge is 2.38. The van der Waals surface area contributed by atoms with E-state index in [2.05, 4.69) is 0 Å². The van der Waals surface area contributed by atoms with Gasteiger partial charge in [-0.3, -0.25) is 0 Å². The molecule has 5 nitrogen and oxygen atoms in total. The van der Waals surface area contributed by atoms with Gasteiger partial charge in [-0.25, -0.2) is 8.42 Å². The highest BCUT2D eigenvalue weighted by molar-refractivity contribution is 7.90. The lowest BCUT2D eigenvalue weighted by molar-refractivity contribution is 0.187. The minimum Gasteiger partial charge on any atom is -0.330 e. The lowest BCUT2D eigenvalue weighted by Crippen LogP contribution is -2.50. The van der Waals surface area contributed by atoms with E-state index in [-0.39, 0.29) is 12.0 Å². The van der Waals surface area contributed by atoms with Crippen LogP contribution in [0.2, 0.25) is 0 Å². The number of rotatable bonds is 6. The zero-order chi connectivity index (χ0) is 14.5. The van der Waals surface area contributed by atoms with Crippen LogP contribution in [-0.2, 0) is 10.0 Å². The van der Waals surface area contributed by atoms with Crippen LogP contribution in [-0.4, -0.2) is 37.1 Å². The van der Waals surface area contributed by atoms with Gasteiger partial charge in [0, 0.05) is 12.6 Å². The van der Waals surface area contributed by atoms with Crippen molar-refractivity contribution in [2.45, 2.75) is 57.2 Å². The van der Waals surface area contributed by atoms with E-state index in [1.54, 1.807) is 6.92 Å². The second-order valence-corrected chi connectivity index (χ2v) is 7.19. The van der Waals surface area contributed by atoms with E-state index in [0.717, 1.165) is 25.7 Å². The highest BCUT2D eigenvalue weighted by Crippen LogP contribution is 2.30. The lowest BCUT2D eigenvalue weighted by atomic mass is 9.84. The molecule has 1 aliphatic carbocycles. The highest BCUT2D eigenvalue weighted by atomic mass is 32.2. The molecule has 1 fully saturated rings. The predicted molar refractivity (Wildman–Crippen MR) is 75.8 cm³/mol. The first-order valence-corrected chi connectivity index (χ1v) is 8.63. The number of nitrogens with zero attached hydrogens (tertiary/aromatic N) is 2. The zero-order valence-corrected chi connectivity index (χ0v) is 12.7. The molecule has 19 heavy (non-hydrogen) atoms. The number of sulfonamides is 1. The molecule has 0 spiro atoms. The molecule has 6 heteroatoms. The normalized spacial score (nSPS) is 26.1. The van der Waals surface area contributed by atoms with Crippen molar-refractivity contribution in [2.24, 2.45) is 11.7 Å². The van der Waals surface area contributed by atoms with E-state index < -0.39 is 15.3 Å². The second kappa shape index (κ2) is 7.22. The Kier molecular flexibility index (Phi) is 6.24. The van der Waals surface area contributed by atoms with Gasteiger partial charge in [0.2, 0.25) is 10.0 Å². The quantitative estimate of drug-likeness (QED) is 0.801. The summed E-state index contributed by atoms with van der Waals surface area (Å²) in [5.41, 5.74) is 5.78. The summed E-state index contributed by atoms with van der Waals surface area (Å²) in [6.45, 7) is 4.51. The molecule has 0 bridgehead atoms. The molecule has 3 atom stereocenters. The smallest absolute Gasteiger partial charge is 0.230 e. The maximum atomic E-state index is 12.5. The van der Waals surface area contributed by atoms with Gasteiger partial charge in [-0.2, -0.15) is 9.57 Å². The first-order valence-electron chi connectivity index (χ1n) is 7.13. The van der Waals surface area contributed by atoms with Gasteiger partial charge in [0.05, 0.1) is 6.07 Å². The van der Waals surface area contributed by atoms with Gasteiger partial charge in [-0.15, -0.1) is 0 Å². The molecule has 3 unspecified atom stereocenters. The van der Waals surface area contributed by atoms with Crippen LogP contribution in [0.4, 0.5) is 0 Å². The van der Waals surface area contributed by atoms with Gasteiger partial charge < -0.3 is 5.73 Å². The maximum absolute atomic E-state index is 12.5. The minimum absolute atomic E-state index is 0.0313. The van der Waals surface area contributed by atoms with E-state index in [0.29, 0.717) is 19.5 Å². The summed E-state index contributed by atoms with van der Waals surface area (Å²) in [5.74, 6) is 0.222.